The predicted octanol–water partition coefficient (Wildman–Crippen LogP) is 0.871. The molecule has 90 valence electrons. The van der Waals surface area contributed by atoms with Gasteiger partial charge >= 0.3 is 0 Å². The highest BCUT2D eigenvalue weighted by molar-refractivity contribution is 5.75. The van der Waals surface area contributed by atoms with Gasteiger partial charge < -0.3 is 15.0 Å². The van der Waals surface area contributed by atoms with Crippen molar-refractivity contribution in [1.82, 2.24) is 10.2 Å². The molecule has 0 rings (SSSR count). The summed E-state index contributed by atoms with van der Waals surface area (Å²) >= 11 is 0. The number of carbonyl (C=O) groups is 1. The van der Waals surface area contributed by atoms with Crippen LogP contribution in [0.1, 0.15) is 26.7 Å². The van der Waals surface area contributed by atoms with Crippen LogP contribution in [0.25, 0.3) is 0 Å². The van der Waals surface area contributed by atoms with E-state index in [0.29, 0.717) is 19.6 Å². The minimum absolute atomic E-state index is 0.137. The van der Waals surface area contributed by atoms with Crippen LogP contribution in [0.4, 0.5) is 0 Å². The standard InChI is InChI=1S/C11H24N2O2/c1-4-13(5-2)9-7-11(14)12-8-6-10-15-3/h4-10H2,1-3H3,(H,12,14). The molecule has 1 amide bonds. The van der Waals surface area contributed by atoms with Crippen molar-refractivity contribution in [2.75, 3.05) is 39.9 Å². The summed E-state index contributed by atoms with van der Waals surface area (Å²) in [5.41, 5.74) is 0. The van der Waals surface area contributed by atoms with Crippen molar-refractivity contribution in [1.29, 1.82) is 0 Å². The van der Waals surface area contributed by atoms with Crippen molar-refractivity contribution in [2.24, 2.45) is 0 Å². The van der Waals surface area contributed by atoms with Crippen LogP contribution in [0.2, 0.25) is 0 Å². The molecule has 1 N–H and O–H groups in total. The lowest BCUT2D eigenvalue weighted by atomic mass is 10.3. The summed E-state index contributed by atoms with van der Waals surface area (Å²) in [6.45, 7) is 8.51. The fourth-order valence-electron chi connectivity index (χ4n) is 1.33. The highest BCUT2D eigenvalue weighted by atomic mass is 16.5. The first-order valence-corrected chi connectivity index (χ1v) is 5.72. The average Bonchev–Trinajstić information content (AvgIpc) is 2.26. The van der Waals surface area contributed by atoms with Gasteiger partial charge in [-0.15, -0.1) is 0 Å². The first-order chi connectivity index (χ1) is 7.24. The molecule has 0 aromatic carbocycles. The Labute approximate surface area is 93.0 Å². The summed E-state index contributed by atoms with van der Waals surface area (Å²) < 4.78 is 4.90. The number of amides is 1. The van der Waals surface area contributed by atoms with Gasteiger partial charge in [-0.25, -0.2) is 0 Å². The van der Waals surface area contributed by atoms with Gasteiger partial charge in [0.15, 0.2) is 0 Å². The molecular weight excluding hydrogens is 192 g/mol. The van der Waals surface area contributed by atoms with Crippen LogP contribution in [-0.4, -0.2) is 50.7 Å². The maximum absolute atomic E-state index is 11.4. The van der Waals surface area contributed by atoms with Crippen molar-refractivity contribution < 1.29 is 9.53 Å². The second-order valence-corrected chi connectivity index (χ2v) is 3.47. The van der Waals surface area contributed by atoms with E-state index in [0.717, 1.165) is 26.1 Å². The number of carbonyl (C=O) groups excluding carboxylic acids is 1. The van der Waals surface area contributed by atoms with Crippen molar-refractivity contribution in [3.63, 3.8) is 0 Å². The van der Waals surface area contributed by atoms with Crippen molar-refractivity contribution in [2.45, 2.75) is 26.7 Å². The number of hydrogen-bond acceptors (Lipinski definition) is 3. The number of ether oxygens (including phenoxy) is 1. The molecule has 4 heteroatoms. The number of hydrogen-bond donors (Lipinski definition) is 1. The first-order valence-electron chi connectivity index (χ1n) is 5.72. The summed E-state index contributed by atoms with van der Waals surface area (Å²) in [5.74, 6) is 0.137. The van der Waals surface area contributed by atoms with Gasteiger partial charge in [0.2, 0.25) is 5.91 Å². The third-order valence-electron chi connectivity index (χ3n) is 2.40. The molecule has 0 saturated heterocycles. The zero-order valence-corrected chi connectivity index (χ0v) is 10.2. The van der Waals surface area contributed by atoms with Gasteiger partial charge in [0, 0.05) is 33.2 Å². The van der Waals surface area contributed by atoms with Crippen LogP contribution in [0.15, 0.2) is 0 Å². The molecule has 0 spiro atoms. The molecule has 0 bridgehead atoms. The lowest BCUT2D eigenvalue weighted by Gasteiger charge is -2.17. The fraction of sp³-hybridized carbons (Fsp3) is 0.909. The number of nitrogens with zero attached hydrogens (tertiary/aromatic N) is 1. The van der Waals surface area contributed by atoms with Gasteiger partial charge in [-0.05, 0) is 19.5 Å². The molecule has 4 nitrogen and oxygen atoms in total. The Hall–Kier alpha value is -0.610. The summed E-state index contributed by atoms with van der Waals surface area (Å²) in [7, 11) is 1.67. The van der Waals surface area contributed by atoms with Crippen LogP contribution in [-0.2, 0) is 9.53 Å². The molecule has 0 aromatic heterocycles. The van der Waals surface area contributed by atoms with Gasteiger partial charge in [-0.2, -0.15) is 0 Å². The average molecular weight is 216 g/mol. The normalized spacial score (nSPS) is 10.7. The van der Waals surface area contributed by atoms with Gasteiger partial charge in [0.05, 0.1) is 0 Å². The minimum Gasteiger partial charge on any atom is -0.385 e. The molecule has 0 atom stereocenters. The maximum Gasteiger partial charge on any atom is 0.221 e. The van der Waals surface area contributed by atoms with E-state index < -0.39 is 0 Å². The first kappa shape index (κ1) is 14.4. The van der Waals surface area contributed by atoms with Crippen LogP contribution >= 0.6 is 0 Å². The molecule has 0 aliphatic heterocycles. The van der Waals surface area contributed by atoms with E-state index in [4.69, 9.17) is 4.74 Å². The van der Waals surface area contributed by atoms with Crippen molar-refractivity contribution in [3.05, 3.63) is 0 Å². The summed E-state index contributed by atoms with van der Waals surface area (Å²) in [6, 6.07) is 0. The maximum atomic E-state index is 11.4. The van der Waals surface area contributed by atoms with Crippen LogP contribution in [0.5, 0.6) is 0 Å². The molecule has 15 heavy (non-hydrogen) atoms. The molecule has 0 heterocycles. The van der Waals surface area contributed by atoms with Crippen LogP contribution in [0, 0.1) is 0 Å². The lowest BCUT2D eigenvalue weighted by molar-refractivity contribution is -0.121. The Bertz CT molecular complexity index is 159. The minimum atomic E-state index is 0.137. The Balaban J connectivity index is 3.40. The molecule has 0 saturated carbocycles. The van der Waals surface area contributed by atoms with E-state index in [1.54, 1.807) is 7.11 Å². The van der Waals surface area contributed by atoms with E-state index in [1.807, 2.05) is 0 Å². The Morgan fingerprint density at radius 1 is 1.33 bits per heavy atom. The Morgan fingerprint density at radius 3 is 2.53 bits per heavy atom. The van der Waals surface area contributed by atoms with E-state index >= 15 is 0 Å². The van der Waals surface area contributed by atoms with E-state index in [1.165, 1.54) is 0 Å². The van der Waals surface area contributed by atoms with E-state index in [9.17, 15) is 4.79 Å². The van der Waals surface area contributed by atoms with Crippen molar-refractivity contribution >= 4 is 5.91 Å². The lowest BCUT2D eigenvalue weighted by Crippen LogP contribution is -2.31. The Morgan fingerprint density at radius 2 is 2.00 bits per heavy atom. The van der Waals surface area contributed by atoms with Crippen LogP contribution < -0.4 is 5.32 Å². The molecule has 0 aromatic rings. The highest BCUT2D eigenvalue weighted by Gasteiger charge is 2.03. The molecule has 0 aliphatic rings. The number of rotatable bonds is 9. The molecule has 0 unspecified atom stereocenters. The summed E-state index contributed by atoms with van der Waals surface area (Å²) in [4.78, 5) is 13.6. The largest absolute Gasteiger partial charge is 0.385 e. The topological polar surface area (TPSA) is 41.6 Å². The zero-order chi connectivity index (χ0) is 11.5. The second kappa shape index (κ2) is 9.93. The third kappa shape index (κ3) is 8.39. The van der Waals surface area contributed by atoms with Gasteiger partial charge in [0.1, 0.15) is 0 Å². The summed E-state index contributed by atoms with van der Waals surface area (Å²) in [5, 5.41) is 2.88. The molecule has 0 aliphatic carbocycles. The Kier molecular flexibility index (Phi) is 9.52. The smallest absolute Gasteiger partial charge is 0.221 e. The second-order valence-electron chi connectivity index (χ2n) is 3.47. The zero-order valence-electron chi connectivity index (χ0n) is 10.2. The predicted molar refractivity (Wildman–Crippen MR) is 61.9 cm³/mol. The fourth-order valence-corrected chi connectivity index (χ4v) is 1.33. The summed E-state index contributed by atoms with van der Waals surface area (Å²) in [6.07, 6.45) is 1.47. The highest BCUT2D eigenvalue weighted by Crippen LogP contribution is 1.90. The van der Waals surface area contributed by atoms with Crippen LogP contribution in [0.3, 0.4) is 0 Å². The molecule has 0 radical (unpaired) electrons. The van der Waals surface area contributed by atoms with Crippen molar-refractivity contribution in [3.8, 4) is 0 Å². The van der Waals surface area contributed by atoms with E-state index in [2.05, 4.69) is 24.1 Å². The quantitative estimate of drug-likeness (QED) is 0.582. The van der Waals surface area contributed by atoms with Gasteiger partial charge in [0.25, 0.3) is 0 Å². The molecular formula is C11H24N2O2. The monoisotopic (exact) mass is 216 g/mol. The number of methoxy groups -OCH3 is 1. The third-order valence-corrected chi connectivity index (χ3v) is 2.40. The van der Waals surface area contributed by atoms with Gasteiger partial charge in [-0.1, -0.05) is 13.8 Å². The van der Waals surface area contributed by atoms with E-state index in [-0.39, 0.29) is 5.91 Å². The SMILES string of the molecule is CCN(CC)CCC(=O)NCCCOC. The molecule has 0 fully saturated rings. The van der Waals surface area contributed by atoms with Gasteiger partial charge in [-0.3, -0.25) is 4.79 Å². The number of nitrogens with one attached hydrogen (secondary N) is 1.